The first-order valence-electron chi connectivity index (χ1n) is 6.36. The van der Waals surface area contributed by atoms with Crippen molar-refractivity contribution >= 4 is 0 Å². The lowest BCUT2D eigenvalue weighted by Crippen LogP contribution is -2.21. The van der Waals surface area contributed by atoms with Gasteiger partial charge < -0.3 is 10.1 Å². The summed E-state index contributed by atoms with van der Waals surface area (Å²) in [4.78, 5) is 4.05. The van der Waals surface area contributed by atoms with Crippen LogP contribution in [-0.2, 0) is 6.54 Å². The number of hydrogen-bond acceptors (Lipinski definition) is 3. The van der Waals surface area contributed by atoms with E-state index in [2.05, 4.69) is 24.1 Å². The molecule has 0 saturated carbocycles. The van der Waals surface area contributed by atoms with Crippen LogP contribution in [-0.4, -0.2) is 11.0 Å². The molecule has 0 bridgehead atoms. The Kier molecular flexibility index (Phi) is 4.63. The highest BCUT2D eigenvalue weighted by Crippen LogP contribution is 2.22. The molecule has 2 rings (SSSR count). The second-order valence-electron chi connectivity index (χ2n) is 4.72. The molecule has 0 aliphatic heterocycles. The molecule has 1 aromatic heterocycles. The average Bonchev–Trinajstić information content (AvgIpc) is 2.41. The number of benzene rings is 1. The molecule has 0 atom stereocenters. The molecule has 2 aromatic rings. The highest BCUT2D eigenvalue weighted by molar-refractivity contribution is 5.29. The molecule has 0 unspecified atom stereocenters. The standard InChI is InChI=1S/C15H16F2N2O/c1-10(2)19-9-11-5-6-18-15(7-11)20-12-3-4-13(16)14(17)8-12/h3-8,10,19H,9H2,1-2H3. The van der Waals surface area contributed by atoms with Crippen molar-refractivity contribution in [2.24, 2.45) is 0 Å². The first-order valence-corrected chi connectivity index (χ1v) is 6.36. The molecule has 0 spiro atoms. The molecular formula is C15H16F2N2O. The van der Waals surface area contributed by atoms with Crippen molar-refractivity contribution in [3.05, 3.63) is 53.7 Å². The molecule has 0 saturated heterocycles. The zero-order valence-corrected chi connectivity index (χ0v) is 11.4. The number of nitrogens with zero attached hydrogens (tertiary/aromatic N) is 1. The van der Waals surface area contributed by atoms with Gasteiger partial charge in [-0.15, -0.1) is 0 Å². The molecule has 0 fully saturated rings. The summed E-state index contributed by atoms with van der Waals surface area (Å²) in [5.74, 6) is -1.29. The van der Waals surface area contributed by atoms with Crippen LogP contribution in [0, 0.1) is 11.6 Å². The van der Waals surface area contributed by atoms with Gasteiger partial charge in [0.2, 0.25) is 5.88 Å². The van der Waals surface area contributed by atoms with E-state index >= 15 is 0 Å². The van der Waals surface area contributed by atoms with Crippen LogP contribution in [0.15, 0.2) is 36.5 Å². The number of nitrogens with one attached hydrogen (secondary N) is 1. The summed E-state index contributed by atoms with van der Waals surface area (Å²) in [7, 11) is 0. The van der Waals surface area contributed by atoms with Gasteiger partial charge in [-0.1, -0.05) is 13.8 Å². The maximum atomic E-state index is 13.1. The summed E-state index contributed by atoms with van der Waals surface area (Å²) in [6, 6.07) is 7.38. The average molecular weight is 278 g/mol. The third-order valence-corrected chi connectivity index (χ3v) is 2.63. The van der Waals surface area contributed by atoms with Crippen LogP contribution in [0.25, 0.3) is 0 Å². The SMILES string of the molecule is CC(C)NCc1ccnc(Oc2ccc(F)c(F)c2)c1. The van der Waals surface area contributed by atoms with E-state index < -0.39 is 11.6 Å². The van der Waals surface area contributed by atoms with E-state index in [1.165, 1.54) is 6.07 Å². The number of halogens is 2. The zero-order chi connectivity index (χ0) is 14.5. The van der Waals surface area contributed by atoms with E-state index in [0.717, 1.165) is 17.7 Å². The highest BCUT2D eigenvalue weighted by atomic mass is 19.2. The van der Waals surface area contributed by atoms with Crippen LogP contribution >= 0.6 is 0 Å². The Hall–Kier alpha value is -2.01. The van der Waals surface area contributed by atoms with Crippen molar-refractivity contribution in [1.29, 1.82) is 0 Å². The molecule has 20 heavy (non-hydrogen) atoms. The van der Waals surface area contributed by atoms with Crippen molar-refractivity contribution in [2.75, 3.05) is 0 Å². The highest BCUT2D eigenvalue weighted by Gasteiger charge is 2.05. The van der Waals surface area contributed by atoms with Crippen LogP contribution in [0.4, 0.5) is 8.78 Å². The summed E-state index contributed by atoms with van der Waals surface area (Å²) >= 11 is 0. The smallest absolute Gasteiger partial charge is 0.219 e. The molecule has 106 valence electrons. The molecule has 0 aliphatic carbocycles. The van der Waals surface area contributed by atoms with Gasteiger partial charge in [0, 0.05) is 30.9 Å². The van der Waals surface area contributed by atoms with Crippen LogP contribution in [0.5, 0.6) is 11.6 Å². The number of pyridine rings is 1. The van der Waals surface area contributed by atoms with Crippen molar-refractivity contribution < 1.29 is 13.5 Å². The van der Waals surface area contributed by atoms with E-state index in [4.69, 9.17) is 4.74 Å². The summed E-state index contributed by atoms with van der Waals surface area (Å²) < 4.78 is 31.3. The lowest BCUT2D eigenvalue weighted by atomic mass is 10.2. The topological polar surface area (TPSA) is 34.2 Å². The molecule has 0 amide bonds. The quantitative estimate of drug-likeness (QED) is 0.906. The minimum Gasteiger partial charge on any atom is -0.439 e. The molecular weight excluding hydrogens is 262 g/mol. The predicted octanol–water partition coefficient (Wildman–Crippen LogP) is 3.65. The van der Waals surface area contributed by atoms with Crippen LogP contribution in [0.2, 0.25) is 0 Å². The summed E-state index contributed by atoms with van der Waals surface area (Å²) in [5, 5.41) is 3.28. The van der Waals surface area contributed by atoms with Crippen molar-refractivity contribution in [3.8, 4) is 11.6 Å². The number of aromatic nitrogens is 1. The molecule has 0 aliphatic rings. The van der Waals surface area contributed by atoms with Gasteiger partial charge in [-0.3, -0.25) is 0 Å². The Balaban J connectivity index is 2.08. The molecule has 1 heterocycles. The molecule has 1 aromatic carbocycles. The Morgan fingerprint density at radius 1 is 1.15 bits per heavy atom. The second-order valence-corrected chi connectivity index (χ2v) is 4.72. The lowest BCUT2D eigenvalue weighted by molar-refractivity contribution is 0.446. The van der Waals surface area contributed by atoms with Crippen LogP contribution in [0.3, 0.4) is 0 Å². The fourth-order valence-corrected chi connectivity index (χ4v) is 1.60. The Morgan fingerprint density at radius 2 is 1.95 bits per heavy atom. The van der Waals surface area contributed by atoms with Crippen molar-refractivity contribution in [2.45, 2.75) is 26.4 Å². The van der Waals surface area contributed by atoms with Gasteiger partial charge in [0.1, 0.15) is 5.75 Å². The minimum atomic E-state index is -0.944. The zero-order valence-electron chi connectivity index (χ0n) is 11.4. The number of ether oxygens (including phenoxy) is 1. The van der Waals surface area contributed by atoms with Gasteiger partial charge in [-0.2, -0.15) is 0 Å². The minimum absolute atomic E-state index is 0.213. The fraction of sp³-hybridized carbons (Fsp3) is 0.267. The first-order chi connectivity index (χ1) is 9.54. The summed E-state index contributed by atoms with van der Waals surface area (Å²) in [6.07, 6.45) is 1.62. The van der Waals surface area contributed by atoms with Gasteiger partial charge in [0.25, 0.3) is 0 Å². The molecule has 3 nitrogen and oxygen atoms in total. The third kappa shape index (κ3) is 3.99. The van der Waals surface area contributed by atoms with Gasteiger partial charge in [0.15, 0.2) is 11.6 Å². The monoisotopic (exact) mass is 278 g/mol. The third-order valence-electron chi connectivity index (χ3n) is 2.63. The summed E-state index contributed by atoms with van der Waals surface area (Å²) in [6.45, 7) is 4.80. The lowest BCUT2D eigenvalue weighted by Gasteiger charge is -2.09. The number of hydrogen-bond donors (Lipinski definition) is 1. The predicted molar refractivity (Wildman–Crippen MR) is 72.6 cm³/mol. The van der Waals surface area contributed by atoms with E-state index in [9.17, 15) is 8.78 Å². The Labute approximate surface area is 116 Å². The first kappa shape index (κ1) is 14.4. The van der Waals surface area contributed by atoms with Gasteiger partial charge in [-0.05, 0) is 23.8 Å². The van der Waals surface area contributed by atoms with Crippen LogP contribution < -0.4 is 10.1 Å². The second kappa shape index (κ2) is 6.43. The van der Waals surface area contributed by atoms with E-state index in [1.807, 2.05) is 6.07 Å². The molecule has 0 radical (unpaired) electrons. The maximum absolute atomic E-state index is 13.1. The fourth-order valence-electron chi connectivity index (χ4n) is 1.60. The molecule has 1 N–H and O–H groups in total. The summed E-state index contributed by atoms with van der Waals surface area (Å²) in [5.41, 5.74) is 1.01. The van der Waals surface area contributed by atoms with E-state index in [1.54, 1.807) is 12.3 Å². The number of rotatable bonds is 5. The van der Waals surface area contributed by atoms with E-state index in [0.29, 0.717) is 18.5 Å². The van der Waals surface area contributed by atoms with Crippen LogP contribution in [0.1, 0.15) is 19.4 Å². The van der Waals surface area contributed by atoms with Gasteiger partial charge in [-0.25, -0.2) is 13.8 Å². The largest absolute Gasteiger partial charge is 0.439 e. The van der Waals surface area contributed by atoms with Gasteiger partial charge in [0.05, 0.1) is 0 Å². The van der Waals surface area contributed by atoms with Gasteiger partial charge >= 0.3 is 0 Å². The van der Waals surface area contributed by atoms with Crippen molar-refractivity contribution in [3.63, 3.8) is 0 Å². The Bertz CT molecular complexity index is 588. The maximum Gasteiger partial charge on any atom is 0.219 e. The normalized spacial score (nSPS) is 10.8. The Morgan fingerprint density at radius 3 is 2.65 bits per heavy atom. The van der Waals surface area contributed by atoms with Crippen molar-refractivity contribution in [1.82, 2.24) is 10.3 Å². The van der Waals surface area contributed by atoms with E-state index in [-0.39, 0.29) is 5.75 Å². The molecule has 5 heteroatoms.